The van der Waals surface area contributed by atoms with E-state index in [0.717, 1.165) is 27.8 Å². The van der Waals surface area contributed by atoms with Crippen LogP contribution in [0.15, 0.2) is 85.1 Å². The average molecular weight is 434 g/mol. The van der Waals surface area contributed by atoms with Crippen LogP contribution in [0.2, 0.25) is 10.0 Å². The molecule has 0 fully saturated rings. The van der Waals surface area contributed by atoms with E-state index in [9.17, 15) is 9.59 Å². The first kappa shape index (κ1) is 20.1. The van der Waals surface area contributed by atoms with Gasteiger partial charge in [-0.1, -0.05) is 89.9 Å². The van der Waals surface area contributed by atoms with Crippen LogP contribution in [0.3, 0.4) is 0 Å². The molecular formula is C25H17Cl2NO2. The van der Waals surface area contributed by atoms with Crippen molar-refractivity contribution in [2.24, 2.45) is 0 Å². The molecule has 0 unspecified atom stereocenters. The summed E-state index contributed by atoms with van der Waals surface area (Å²) in [5.74, 6) is -0.573. The van der Waals surface area contributed by atoms with E-state index in [2.05, 4.69) is 0 Å². The number of Topliss-reactive ketones (excluding diaryl/α,β-unsaturated/α-hetero) is 1. The minimum atomic E-state index is -0.573. The van der Waals surface area contributed by atoms with Crippen LogP contribution in [0.1, 0.15) is 16.1 Å². The highest BCUT2D eigenvalue weighted by Crippen LogP contribution is 2.37. The van der Waals surface area contributed by atoms with Crippen molar-refractivity contribution in [1.82, 2.24) is 4.57 Å². The Bertz CT molecular complexity index is 1210. The first-order chi connectivity index (χ1) is 14.6. The molecule has 0 atom stereocenters. The Morgan fingerprint density at radius 1 is 0.833 bits per heavy atom. The molecule has 3 nitrogen and oxygen atoms in total. The summed E-state index contributed by atoms with van der Waals surface area (Å²) in [6.45, 7) is 0.373. The summed E-state index contributed by atoms with van der Waals surface area (Å²) in [7, 11) is 0. The monoisotopic (exact) mass is 433 g/mol. The predicted molar refractivity (Wildman–Crippen MR) is 121 cm³/mol. The van der Waals surface area contributed by atoms with Gasteiger partial charge in [-0.3, -0.25) is 9.59 Å². The molecule has 4 aromatic rings. The van der Waals surface area contributed by atoms with Gasteiger partial charge in [-0.15, -0.1) is 0 Å². The summed E-state index contributed by atoms with van der Waals surface area (Å²) in [6, 6.07) is 24.8. The molecule has 1 heterocycles. The van der Waals surface area contributed by atoms with Gasteiger partial charge in [0.1, 0.15) is 5.69 Å². The van der Waals surface area contributed by atoms with Crippen LogP contribution in [0.25, 0.3) is 22.3 Å². The molecule has 3 aromatic carbocycles. The van der Waals surface area contributed by atoms with Crippen molar-refractivity contribution in [3.8, 4) is 22.3 Å². The van der Waals surface area contributed by atoms with E-state index in [1.165, 1.54) is 0 Å². The number of rotatable bonds is 6. The molecule has 148 valence electrons. The Labute approximate surface area is 184 Å². The Morgan fingerprint density at radius 3 is 2.07 bits per heavy atom. The molecule has 0 aliphatic rings. The second-order valence-corrected chi connectivity index (χ2v) is 7.67. The van der Waals surface area contributed by atoms with Crippen molar-refractivity contribution < 1.29 is 9.59 Å². The topological polar surface area (TPSA) is 39.1 Å². The maximum absolute atomic E-state index is 12.7. The summed E-state index contributed by atoms with van der Waals surface area (Å²) in [6.07, 6.45) is 2.28. The van der Waals surface area contributed by atoms with Crippen LogP contribution in [-0.4, -0.2) is 16.6 Å². The zero-order valence-corrected chi connectivity index (χ0v) is 17.4. The normalized spacial score (nSPS) is 10.7. The Kier molecular flexibility index (Phi) is 5.84. The Balaban J connectivity index is 1.95. The molecule has 0 bridgehead atoms. The fourth-order valence-electron chi connectivity index (χ4n) is 3.57. The number of halogens is 2. The van der Waals surface area contributed by atoms with Gasteiger partial charge < -0.3 is 4.57 Å². The van der Waals surface area contributed by atoms with Gasteiger partial charge in [0.2, 0.25) is 5.78 Å². The Morgan fingerprint density at radius 2 is 1.47 bits per heavy atom. The molecule has 0 saturated carbocycles. The number of ketones is 1. The van der Waals surface area contributed by atoms with Crippen molar-refractivity contribution in [1.29, 1.82) is 0 Å². The van der Waals surface area contributed by atoms with E-state index >= 15 is 0 Å². The molecule has 30 heavy (non-hydrogen) atoms. The molecule has 0 spiro atoms. The largest absolute Gasteiger partial charge is 0.339 e. The van der Waals surface area contributed by atoms with E-state index in [0.29, 0.717) is 28.6 Å². The lowest BCUT2D eigenvalue weighted by Gasteiger charge is -2.10. The third kappa shape index (κ3) is 3.95. The molecule has 0 radical (unpaired) electrons. The predicted octanol–water partition coefficient (Wildman–Crippen LogP) is 6.56. The maximum atomic E-state index is 12.7. The van der Waals surface area contributed by atoms with Gasteiger partial charge in [0.15, 0.2) is 6.29 Å². The number of aromatic nitrogens is 1. The number of carbonyl (C=O) groups is 2. The highest BCUT2D eigenvalue weighted by Gasteiger charge is 2.23. The van der Waals surface area contributed by atoms with Gasteiger partial charge in [-0.05, 0) is 28.8 Å². The quantitative estimate of drug-likeness (QED) is 0.196. The van der Waals surface area contributed by atoms with Gasteiger partial charge in [-0.2, -0.15) is 0 Å². The zero-order valence-electron chi connectivity index (χ0n) is 15.9. The summed E-state index contributed by atoms with van der Waals surface area (Å²) in [5.41, 5.74) is 4.67. The number of hydrogen-bond acceptors (Lipinski definition) is 2. The molecule has 0 aliphatic carbocycles. The van der Waals surface area contributed by atoms with Crippen molar-refractivity contribution in [3.05, 3.63) is 106 Å². The lowest BCUT2D eigenvalue weighted by atomic mass is 9.96. The SMILES string of the molecule is O=CC(=O)c1c(-c2ccccc2)c(-c2ccccc2)cn1Cc1ccc(Cl)c(Cl)c1. The molecule has 1 aromatic heterocycles. The molecule has 0 aliphatic heterocycles. The summed E-state index contributed by atoms with van der Waals surface area (Å²) < 4.78 is 1.81. The number of hydrogen-bond donors (Lipinski definition) is 0. The van der Waals surface area contributed by atoms with Crippen LogP contribution in [0.4, 0.5) is 0 Å². The third-order valence-corrected chi connectivity index (χ3v) is 5.64. The highest BCUT2D eigenvalue weighted by atomic mass is 35.5. The third-order valence-electron chi connectivity index (χ3n) is 4.90. The summed E-state index contributed by atoms with van der Waals surface area (Å²) >= 11 is 12.2. The fourth-order valence-corrected chi connectivity index (χ4v) is 3.89. The maximum Gasteiger partial charge on any atom is 0.242 e. The van der Waals surface area contributed by atoms with Crippen LogP contribution in [0.5, 0.6) is 0 Å². The first-order valence-electron chi connectivity index (χ1n) is 9.36. The second-order valence-electron chi connectivity index (χ2n) is 6.86. The minimum absolute atomic E-state index is 0.348. The minimum Gasteiger partial charge on any atom is -0.339 e. The smallest absolute Gasteiger partial charge is 0.242 e. The van der Waals surface area contributed by atoms with E-state index in [-0.39, 0.29) is 0 Å². The average Bonchev–Trinajstić information content (AvgIpc) is 3.16. The van der Waals surface area contributed by atoms with Crippen molar-refractivity contribution >= 4 is 35.3 Å². The van der Waals surface area contributed by atoms with Crippen LogP contribution >= 0.6 is 23.2 Å². The zero-order chi connectivity index (χ0) is 21.1. The summed E-state index contributed by atoms with van der Waals surface area (Å²) in [4.78, 5) is 24.3. The van der Waals surface area contributed by atoms with E-state index in [4.69, 9.17) is 23.2 Å². The molecule has 0 saturated heterocycles. The van der Waals surface area contributed by atoms with Crippen LogP contribution < -0.4 is 0 Å². The van der Waals surface area contributed by atoms with Crippen molar-refractivity contribution in [2.75, 3.05) is 0 Å². The van der Waals surface area contributed by atoms with Gasteiger partial charge in [0.05, 0.1) is 10.0 Å². The van der Waals surface area contributed by atoms with Gasteiger partial charge >= 0.3 is 0 Å². The first-order valence-corrected chi connectivity index (χ1v) is 10.1. The molecule has 0 N–H and O–H groups in total. The number of carbonyl (C=O) groups excluding carboxylic acids is 2. The van der Waals surface area contributed by atoms with Crippen LogP contribution in [-0.2, 0) is 11.3 Å². The molecule has 5 heteroatoms. The standard InChI is InChI=1S/C25H17Cl2NO2/c26-21-12-11-17(13-22(21)27)14-28-15-20(18-7-3-1-4-8-18)24(25(28)23(30)16-29)19-9-5-2-6-10-19/h1-13,15-16H,14H2. The van der Waals surface area contributed by atoms with Gasteiger partial charge in [0.25, 0.3) is 0 Å². The lowest BCUT2D eigenvalue weighted by molar-refractivity contribution is -0.104. The number of nitrogens with zero attached hydrogens (tertiary/aromatic N) is 1. The summed E-state index contributed by atoms with van der Waals surface area (Å²) in [5, 5.41) is 0.906. The fraction of sp³-hybridized carbons (Fsp3) is 0.0400. The second kappa shape index (κ2) is 8.70. The molecular weight excluding hydrogens is 417 g/mol. The van der Waals surface area contributed by atoms with Gasteiger partial charge in [0, 0.05) is 23.9 Å². The van der Waals surface area contributed by atoms with Crippen molar-refractivity contribution in [3.63, 3.8) is 0 Å². The van der Waals surface area contributed by atoms with Crippen LogP contribution in [0, 0.1) is 0 Å². The highest BCUT2D eigenvalue weighted by molar-refractivity contribution is 6.42. The molecule has 4 rings (SSSR count). The van der Waals surface area contributed by atoms with Gasteiger partial charge in [-0.25, -0.2) is 0 Å². The lowest BCUT2D eigenvalue weighted by Crippen LogP contribution is -2.11. The van der Waals surface area contributed by atoms with E-state index in [1.54, 1.807) is 16.7 Å². The molecule has 0 amide bonds. The number of aldehydes is 1. The van der Waals surface area contributed by atoms with Crippen molar-refractivity contribution in [2.45, 2.75) is 6.54 Å². The van der Waals surface area contributed by atoms with E-state index < -0.39 is 5.78 Å². The Hall–Kier alpha value is -3.14. The number of benzene rings is 3. The van der Waals surface area contributed by atoms with E-state index in [1.807, 2.05) is 72.9 Å².